The first-order chi connectivity index (χ1) is 15.4. The molecule has 4 nitrogen and oxygen atoms in total. The lowest BCUT2D eigenvalue weighted by atomic mass is 9.89. The molecule has 0 radical (unpaired) electrons. The zero-order chi connectivity index (χ0) is 24.4. The lowest BCUT2D eigenvalue weighted by molar-refractivity contribution is -0.143. The number of hydrogen-bond donors (Lipinski definition) is 3. The van der Waals surface area contributed by atoms with Crippen molar-refractivity contribution in [2.45, 2.75) is 50.1 Å². The number of phenolic OH excluding ortho intramolecular Hbond substituents is 1. The molecule has 0 bridgehead atoms. The highest BCUT2D eigenvalue weighted by Gasteiger charge is 2.37. The van der Waals surface area contributed by atoms with Crippen LogP contribution < -0.4 is 15.5 Å². The van der Waals surface area contributed by atoms with E-state index in [1.807, 2.05) is 11.9 Å². The molecule has 11 heteroatoms. The quantitative estimate of drug-likeness (QED) is 0.353. The van der Waals surface area contributed by atoms with Gasteiger partial charge in [0.15, 0.2) is 5.11 Å². The average molecular weight is 492 g/mol. The van der Waals surface area contributed by atoms with Gasteiger partial charge in [-0.15, -0.1) is 0 Å². The maximum Gasteiger partial charge on any atom is 0.416 e. The van der Waals surface area contributed by atoms with Gasteiger partial charge in [-0.2, -0.15) is 26.3 Å². The molecular weight excluding hydrogens is 468 g/mol. The highest BCUT2D eigenvalue weighted by molar-refractivity contribution is 7.80. The molecule has 2 aromatic carbocycles. The average Bonchev–Trinajstić information content (AvgIpc) is 2.72. The molecule has 2 atom stereocenters. The van der Waals surface area contributed by atoms with E-state index in [2.05, 4.69) is 10.6 Å². The van der Waals surface area contributed by atoms with Crippen LogP contribution in [0.3, 0.4) is 0 Å². The van der Waals surface area contributed by atoms with Crippen LogP contribution in [0.5, 0.6) is 5.75 Å². The summed E-state index contributed by atoms with van der Waals surface area (Å²) in [6, 6.07) is 7.75. The first-order valence-corrected chi connectivity index (χ1v) is 10.6. The number of nitrogens with one attached hydrogen (secondary N) is 2. The van der Waals surface area contributed by atoms with E-state index in [0.717, 1.165) is 19.3 Å². The Balaban J connectivity index is 1.78. The number of anilines is 2. The molecular formula is C22H23F6N3OS. The van der Waals surface area contributed by atoms with Crippen molar-refractivity contribution in [2.75, 3.05) is 17.3 Å². The number of halogens is 6. The van der Waals surface area contributed by atoms with Gasteiger partial charge in [-0.1, -0.05) is 25.0 Å². The highest BCUT2D eigenvalue weighted by Crippen LogP contribution is 2.38. The summed E-state index contributed by atoms with van der Waals surface area (Å²) in [6.45, 7) is 0. The molecule has 1 fully saturated rings. The van der Waals surface area contributed by atoms with Gasteiger partial charge >= 0.3 is 12.4 Å². The third-order valence-corrected chi connectivity index (χ3v) is 5.87. The van der Waals surface area contributed by atoms with E-state index in [0.29, 0.717) is 24.2 Å². The Labute approximate surface area is 192 Å². The number of likely N-dealkylation sites (N-methyl/N-ethyl adjacent to an activating group) is 1. The Morgan fingerprint density at radius 1 is 0.970 bits per heavy atom. The standard InChI is InChI=1S/C22H23F6N3OS/c1-31(18-8-4-5-9-19(18)32)17-7-3-2-6-16(17)30-20(33)29-15-11-13(21(23,24)25)10-14(12-15)22(26,27)28/h4-5,8-12,16-17,32H,2-3,6-7H2,1H3,(H2,29,30,33). The van der Waals surface area contributed by atoms with E-state index in [1.165, 1.54) is 0 Å². The van der Waals surface area contributed by atoms with Gasteiger partial charge in [0.1, 0.15) is 5.75 Å². The summed E-state index contributed by atoms with van der Waals surface area (Å²) in [5.41, 5.74) is -2.63. The number of para-hydroxylation sites is 2. The summed E-state index contributed by atoms with van der Waals surface area (Å²) in [4.78, 5) is 1.90. The van der Waals surface area contributed by atoms with Gasteiger partial charge in [0.25, 0.3) is 0 Å². The molecule has 33 heavy (non-hydrogen) atoms. The van der Waals surface area contributed by atoms with Gasteiger partial charge in [-0.05, 0) is 55.4 Å². The van der Waals surface area contributed by atoms with E-state index in [4.69, 9.17) is 12.2 Å². The summed E-state index contributed by atoms with van der Waals surface area (Å²) < 4.78 is 78.7. The van der Waals surface area contributed by atoms with Crippen molar-refractivity contribution in [3.05, 3.63) is 53.6 Å². The van der Waals surface area contributed by atoms with Crippen molar-refractivity contribution < 1.29 is 31.4 Å². The smallest absolute Gasteiger partial charge is 0.416 e. The van der Waals surface area contributed by atoms with Crippen molar-refractivity contribution in [2.24, 2.45) is 0 Å². The number of hydrogen-bond acceptors (Lipinski definition) is 3. The number of benzene rings is 2. The predicted octanol–water partition coefficient (Wildman–Crippen LogP) is 6.16. The van der Waals surface area contributed by atoms with E-state index >= 15 is 0 Å². The van der Waals surface area contributed by atoms with Crippen LogP contribution in [-0.2, 0) is 12.4 Å². The molecule has 2 aromatic rings. The van der Waals surface area contributed by atoms with Gasteiger partial charge < -0.3 is 20.6 Å². The molecule has 180 valence electrons. The van der Waals surface area contributed by atoms with Crippen molar-refractivity contribution in [3.63, 3.8) is 0 Å². The van der Waals surface area contributed by atoms with Crippen molar-refractivity contribution in [1.82, 2.24) is 5.32 Å². The third kappa shape index (κ3) is 6.21. The van der Waals surface area contributed by atoms with Gasteiger partial charge in [0, 0.05) is 24.8 Å². The number of nitrogens with zero attached hydrogens (tertiary/aromatic N) is 1. The third-order valence-electron chi connectivity index (χ3n) is 5.65. The Morgan fingerprint density at radius 3 is 2.12 bits per heavy atom. The van der Waals surface area contributed by atoms with Crippen LogP contribution in [0.2, 0.25) is 0 Å². The number of aromatic hydroxyl groups is 1. The first-order valence-electron chi connectivity index (χ1n) is 10.2. The fourth-order valence-electron chi connectivity index (χ4n) is 4.05. The summed E-state index contributed by atoms with van der Waals surface area (Å²) in [5, 5.41) is 15.6. The molecule has 1 aliphatic rings. The molecule has 1 aliphatic carbocycles. The number of alkyl halides is 6. The van der Waals surface area contributed by atoms with Crippen LogP contribution >= 0.6 is 12.2 Å². The van der Waals surface area contributed by atoms with E-state index in [9.17, 15) is 31.4 Å². The zero-order valence-electron chi connectivity index (χ0n) is 17.6. The number of thiocarbonyl (C=S) groups is 1. The molecule has 3 rings (SSSR count). The number of rotatable bonds is 4. The second kappa shape index (κ2) is 9.66. The fourth-order valence-corrected chi connectivity index (χ4v) is 4.32. The van der Waals surface area contributed by atoms with Crippen molar-refractivity contribution in [3.8, 4) is 5.75 Å². The first kappa shape index (κ1) is 24.9. The topological polar surface area (TPSA) is 47.5 Å². The minimum Gasteiger partial charge on any atom is -0.506 e. The normalized spacial score (nSPS) is 19.1. The zero-order valence-corrected chi connectivity index (χ0v) is 18.4. The summed E-state index contributed by atoms with van der Waals surface area (Å²) in [5.74, 6) is 0.105. The summed E-state index contributed by atoms with van der Waals surface area (Å²) in [6.07, 6.45) is -6.60. The maximum absolute atomic E-state index is 13.1. The van der Waals surface area contributed by atoms with E-state index in [1.54, 1.807) is 24.3 Å². The lowest BCUT2D eigenvalue weighted by Crippen LogP contribution is -2.53. The van der Waals surface area contributed by atoms with E-state index < -0.39 is 29.2 Å². The molecule has 3 N–H and O–H groups in total. The molecule has 2 unspecified atom stereocenters. The molecule has 0 saturated heterocycles. The Hall–Kier alpha value is -2.69. The van der Waals surface area contributed by atoms with Gasteiger partial charge in [0.2, 0.25) is 0 Å². The Bertz CT molecular complexity index is 963. The van der Waals surface area contributed by atoms with Gasteiger partial charge in [-0.25, -0.2) is 0 Å². The minimum atomic E-state index is -4.94. The summed E-state index contributed by atoms with van der Waals surface area (Å²) in [7, 11) is 1.82. The second-order valence-corrected chi connectivity index (χ2v) is 8.36. The Morgan fingerprint density at radius 2 is 1.55 bits per heavy atom. The monoisotopic (exact) mass is 491 g/mol. The SMILES string of the molecule is CN(c1ccccc1O)C1CCCCC1NC(=S)Nc1cc(C(F)(F)F)cc(C(F)(F)F)c1. The van der Waals surface area contributed by atoms with Crippen molar-refractivity contribution in [1.29, 1.82) is 0 Å². The van der Waals surface area contributed by atoms with Gasteiger partial charge in [-0.3, -0.25) is 0 Å². The lowest BCUT2D eigenvalue weighted by Gasteiger charge is -2.40. The highest BCUT2D eigenvalue weighted by atomic mass is 32.1. The summed E-state index contributed by atoms with van der Waals surface area (Å²) >= 11 is 5.22. The minimum absolute atomic E-state index is 0.0696. The molecule has 0 amide bonds. The largest absolute Gasteiger partial charge is 0.506 e. The molecule has 0 spiro atoms. The Kier molecular flexibility index (Phi) is 7.30. The van der Waals surface area contributed by atoms with Crippen LogP contribution in [0.1, 0.15) is 36.8 Å². The molecule has 0 aromatic heterocycles. The van der Waals surface area contributed by atoms with E-state index in [-0.39, 0.29) is 29.0 Å². The van der Waals surface area contributed by atoms with Crippen LogP contribution in [0.25, 0.3) is 0 Å². The van der Waals surface area contributed by atoms with Crippen LogP contribution in [0, 0.1) is 0 Å². The van der Waals surface area contributed by atoms with Crippen LogP contribution in [0.15, 0.2) is 42.5 Å². The fraction of sp³-hybridized carbons (Fsp3) is 0.409. The molecule has 1 saturated carbocycles. The second-order valence-electron chi connectivity index (χ2n) is 7.95. The van der Waals surface area contributed by atoms with Crippen LogP contribution in [0.4, 0.5) is 37.7 Å². The molecule has 0 aliphatic heterocycles. The van der Waals surface area contributed by atoms with Crippen LogP contribution in [-0.4, -0.2) is 29.4 Å². The number of phenols is 1. The maximum atomic E-state index is 13.1. The molecule has 0 heterocycles. The van der Waals surface area contributed by atoms with Gasteiger partial charge in [0.05, 0.1) is 16.8 Å². The van der Waals surface area contributed by atoms with Crippen molar-refractivity contribution >= 4 is 28.7 Å². The predicted molar refractivity (Wildman–Crippen MR) is 118 cm³/mol.